The Morgan fingerprint density at radius 2 is 2.19 bits per heavy atom. The zero-order chi connectivity index (χ0) is 12.1. The van der Waals surface area contributed by atoms with Crippen molar-refractivity contribution in [2.75, 3.05) is 6.54 Å². The Morgan fingerprint density at radius 3 is 2.75 bits per heavy atom. The van der Waals surface area contributed by atoms with Crippen molar-refractivity contribution in [2.45, 2.75) is 20.8 Å². The van der Waals surface area contributed by atoms with E-state index >= 15 is 0 Å². The third-order valence-electron chi connectivity index (χ3n) is 2.07. The van der Waals surface area contributed by atoms with Crippen molar-refractivity contribution in [3.8, 4) is 0 Å². The summed E-state index contributed by atoms with van der Waals surface area (Å²) >= 11 is 0. The van der Waals surface area contributed by atoms with Crippen LogP contribution in [-0.2, 0) is 0 Å². The molecule has 0 aliphatic heterocycles. The lowest BCUT2D eigenvalue weighted by Gasteiger charge is -2.02. The van der Waals surface area contributed by atoms with Gasteiger partial charge >= 0.3 is 0 Å². The molecular formula is C12H16N2O2. The molecule has 0 saturated carbocycles. The van der Waals surface area contributed by atoms with Crippen LogP contribution >= 0.6 is 0 Å². The van der Waals surface area contributed by atoms with E-state index in [2.05, 4.69) is 10.3 Å². The van der Waals surface area contributed by atoms with Gasteiger partial charge in [-0.05, 0) is 20.8 Å². The van der Waals surface area contributed by atoms with Crippen LogP contribution in [0.4, 0.5) is 0 Å². The number of rotatable bonds is 3. The van der Waals surface area contributed by atoms with Crippen LogP contribution in [0.15, 0.2) is 28.7 Å². The predicted octanol–water partition coefficient (Wildman–Crippen LogP) is 1.38. The summed E-state index contributed by atoms with van der Waals surface area (Å²) < 4.78 is 0. The Balaban J connectivity index is 2.74. The first-order chi connectivity index (χ1) is 7.50. The van der Waals surface area contributed by atoms with Gasteiger partial charge in [0.25, 0.3) is 5.91 Å². The largest absolute Gasteiger partial charge is 0.364 e. The van der Waals surface area contributed by atoms with Gasteiger partial charge in [-0.15, -0.1) is 0 Å². The van der Waals surface area contributed by atoms with E-state index in [-0.39, 0.29) is 16.9 Å². The molecule has 0 bridgehead atoms. The molecule has 1 aromatic heterocycles. The summed E-state index contributed by atoms with van der Waals surface area (Å²) in [4.78, 5) is 25.9. The van der Waals surface area contributed by atoms with E-state index < -0.39 is 0 Å². The standard InChI is InChI=1S/C12H16N2O2/c1-8(2)4-5-13-12(16)10-7-14-9(3)6-11(10)15/h4,6-7H,5H2,1-3H3,(H,13,16)(H,14,15). The highest BCUT2D eigenvalue weighted by Crippen LogP contribution is 1.92. The van der Waals surface area contributed by atoms with Crippen molar-refractivity contribution in [1.82, 2.24) is 10.3 Å². The minimum absolute atomic E-state index is 0.146. The maximum Gasteiger partial charge on any atom is 0.256 e. The molecule has 4 heteroatoms. The molecule has 0 saturated heterocycles. The number of nitrogens with one attached hydrogen (secondary N) is 2. The number of allylic oxidation sites excluding steroid dienone is 1. The number of carbonyl (C=O) groups excluding carboxylic acids is 1. The van der Waals surface area contributed by atoms with E-state index in [0.717, 1.165) is 11.3 Å². The van der Waals surface area contributed by atoms with Gasteiger partial charge in [0.2, 0.25) is 0 Å². The molecule has 86 valence electrons. The van der Waals surface area contributed by atoms with Crippen LogP contribution < -0.4 is 10.7 Å². The topological polar surface area (TPSA) is 62.0 Å². The van der Waals surface area contributed by atoms with E-state index in [9.17, 15) is 9.59 Å². The summed E-state index contributed by atoms with van der Waals surface area (Å²) in [7, 11) is 0. The first-order valence-electron chi connectivity index (χ1n) is 5.11. The van der Waals surface area contributed by atoms with Crippen LogP contribution in [0.3, 0.4) is 0 Å². The average Bonchev–Trinajstić information content (AvgIpc) is 2.16. The summed E-state index contributed by atoms with van der Waals surface area (Å²) in [6, 6.07) is 1.41. The van der Waals surface area contributed by atoms with Gasteiger partial charge < -0.3 is 10.3 Å². The molecular weight excluding hydrogens is 204 g/mol. The lowest BCUT2D eigenvalue weighted by atomic mass is 10.2. The fourth-order valence-corrected chi connectivity index (χ4v) is 1.19. The molecule has 0 aromatic carbocycles. The molecule has 0 aliphatic rings. The van der Waals surface area contributed by atoms with Crippen LogP contribution in [0, 0.1) is 6.92 Å². The van der Waals surface area contributed by atoms with E-state index in [1.54, 1.807) is 6.92 Å². The summed E-state index contributed by atoms with van der Waals surface area (Å²) in [6.45, 7) is 6.11. The molecule has 1 aromatic rings. The first-order valence-corrected chi connectivity index (χ1v) is 5.11. The Kier molecular flexibility index (Phi) is 4.05. The van der Waals surface area contributed by atoms with Gasteiger partial charge in [-0.2, -0.15) is 0 Å². The number of amides is 1. The number of aryl methyl sites for hydroxylation is 1. The normalized spacial score (nSPS) is 9.69. The molecule has 1 amide bonds. The second-order valence-electron chi connectivity index (χ2n) is 3.89. The Labute approximate surface area is 94.4 Å². The molecule has 2 N–H and O–H groups in total. The summed E-state index contributed by atoms with van der Waals surface area (Å²) in [5, 5.41) is 2.66. The van der Waals surface area contributed by atoms with Gasteiger partial charge in [0.05, 0.1) is 0 Å². The summed E-state index contributed by atoms with van der Waals surface area (Å²) in [5.74, 6) is -0.348. The number of aromatic nitrogens is 1. The van der Waals surface area contributed by atoms with Crippen LogP contribution in [0.1, 0.15) is 29.9 Å². The molecule has 1 rings (SSSR count). The third-order valence-corrected chi connectivity index (χ3v) is 2.07. The van der Waals surface area contributed by atoms with Gasteiger partial charge in [0.15, 0.2) is 5.43 Å². The van der Waals surface area contributed by atoms with Crippen LogP contribution in [-0.4, -0.2) is 17.4 Å². The molecule has 0 unspecified atom stereocenters. The van der Waals surface area contributed by atoms with Crippen molar-refractivity contribution in [3.05, 3.63) is 45.4 Å². The molecule has 0 fully saturated rings. The lowest BCUT2D eigenvalue weighted by molar-refractivity contribution is 0.0956. The summed E-state index contributed by atoms with van der Waals surface area (Å²) in [6.07, 6.45) is 3.33. The maximum atomic E-state index is 11.6. The van der Waals surface area contributed by atoms with E-state index in [0.29, 0.717) is 6.54 Å². The zero-order valence-electron chi connectivity index (χ0n) is 9.76. The monoisotopic (exact) mass is 220 g/mol. The summed E-state index contributed by atoms with van der Waals surface area (Å²) in [5.41, 5.74) is 1.75. The molecule has 4 nitrogen and oxygen atoms in total. The number of carbonyl (C=O) groups is 1. The van der Waals surface area contributed by atoms with Gasteiger partial charge in [-0.1, -0.05) is 11.6 Å². The van der Waals surface area contributed by atoms with Crippen molar-refractivity contribution in [1.29, 1.82) is 0 Å². The predicted molar refractivity (Wildman–Crippen MR) is 63.6 cm³/mol. The smallest absolute Gasteiger partial charge is 0.256 e. The first kappa shape index (κ1) is 12.2. The van der Waals surface area contributed by atoms with Crippen molar-refractivity contribution in [2.24, 2.45) is 0 Å². The van der Waals surface area contributed by atoms with E-state index in [1.807, 2.05) is 19.9 Å². The number of pyridine rings is 1. The Morgan fingerprint density at radius 1 is 1.50 bits per heavy atom. The second kappa shape index (κ2) is 5.30. The molecule has 0 aliphatic carbocycles. The third kappa shape index (κ3) is 3.38. The Hall–Kier alpha value is -1.84. The molecule has 0 radical (unpaired) electrons. The van der Waals surface area contributed by atoms with Gasteiger partial charge in [0, 0.05) is 24.5 Å². The van der Waals surface area contributed by atoms with Crippen LogP contribution in [0.25, 0.3) is 0 Å². The lowest BCUT2D eigenvalue weighted by Crippen LogP contribution is -2.28. The van der Waals surface area contributed by atoms with Gasteiger partial charge in [0.1, 0.15) is 5.56 Å². The molecule has 1 heterocycles. The minimum atomic E-state index is -0.348. The average molecular weight is 220 g/mol. The van der Waals surface area contributed by atoms with Gasteiger partial charge in [-0.25, -0.2) is 0 Å². The molecule has 0 atom stereocenters. The van der Waals surface area contributed by atoms with E-state index in [1.165, 1.54) is 12.3 Å². The van der Waals surface area contributed by atoms with Crippen LogP contribution in [0.2, 0.25) is 0 Å². The number of hydrogen-bond donors (Lipinski definition) is 2. The SMILES string of the molecule is CC(C)=CCNC(=O)c1c[nH]c(C)cc1=O. The molecule has 0 spiro atoms. The van der Waals surface area contributed by atoms with Crippen LogP contribution in [0.5, 0.6) is 0 Å². The van der Waals surface area contributed by atoms with Crippen molar-refractivity contribution in [3.63, 3.8) is 0 Å². The number of hydrogen-bond acceptors (Lipinski definition) is 2. The van der Waals surface area contributed by atoms with Crippen molar-refractivity contribution >= 4 is 5.91 Å². The fraction of sp³-hybridized carbons (Fsp3) is 0.333. The van der Waals surface area contributed by atoms with E-state index in [4.69, 9.17) is 0 Å². The number of H-pyrrole nitrogens is 1. The number of aromatic amines is 1. The highest BCUT2D eigenvalue weighted by molar-refractivity contribution is 5.93. The maximum absolute atomic E-state index is 11.6. The Bertz CT molecular complexity index is 468. The minimum Gasteiger partial charge on any atom is -0.364 e. The molecule has 16 heavy (non-hydrogen) atoms. The quantitative estimate of drug-likeness (QED) is 0.756. The highest BCUT2D eigenvalue weighted by Gasteiger charge is 2.08. The highest BCUT2D eigenvalue weighted by atomic mass is 16.2. The van der Waals surface area contributed by atoms with Gasteiger partial charge in [-0.3, -0.25) is 9.59 Å². The fourth-order valence-electron chi connectivity index (χ4n) is 1.19. The zero-order valence-corrected chi connectivity index (χ0v) is 9.76. The second-order valence-corrected chi connectivity index (χ2v) is 3.89. The van der Waals surface area contributed by atoms with Crippen molar-refractivity contribution < 1.29 is 4.79 Å².